The van der Waals surface area contributed by atoms with E-state index in [4.69, 9.17) is 21.4 Å². The minimum atomic E-state index is -0.134. The Balaban J connectivity index is 0.803. The summed E-state index contributed by atoms with van der Waals surface area (Å²) in [4.78, 5) is 44.6. The van der Waals surface area contributed by atoms with Crippen molar-refractivity contribution >= 4 is 67.6 Å². The molecule has 14 nitrogen and oxygen atoms in total. The Hall–Kier alpha value is -5.66. The van der Waals surface area contributed by atoms with Crippen molar-refractivity contribution < 1.29 is 9.59 Å². The average Bonchev–Trinajstić information content (AvgIpc) is 3.79. The maximum atomic E-state index is 12.8. The van der Waals surface area contributed by atoms with Gasteiger partial charge in [0.25, 0.3) is 0 Å². The first kappa shape index (κ1) is 40.5. The Labute approximate surface area is 340 Å². The number of imidazole rings is 2. The molecule has 1 aliphatic carbocycles. The van der Waals surface area contributed by atoms with E-state index in [1.54, 1.807) is 0 Å². The van der Waals surface area contributed by atoms with Crippen molar-refractivity contribution in [3.8, 4) is 0 Å². The maximum absolute atomic E-state index is 12.8. The van der Waals surface area contributed by atoms with E-state index < -0.39 is 0 Å². The van der Waals surface area contributed by atoms with Gasteiger partial charge in [-0.25, -0.2) is 29.5 Å². The molecule has 58 heavy (non-hydrogen) atoms. The number of hydrogen-bond donors (Lipinski definition) is 6. The van der Waals surface area contributed by atoms with E-state index in [0.717, 1.165) is 159 Å². The number of carbonyl (C=O) groups excluding carboxylic acids is 2. The fourth-order valence-electron chi connectivity index (χ4n) is 8.39. The number of aromatic nitrogens is 6. The van der Waals surface area contributed by atoms with Crippen LogP contribution in [0.4, 0.5) is 21.2 Å². The lowest BCUT2D eigenvalue weighted by Gasteiger charge is -2.29. The van der Waals surface area contributed by atoms with Crippen LogP contribution in [0.25, 0.3) is 43.9 Å². The molecule has 4 heterocycles. The standard InChI is InChI=1S/C44H60N12O2/c1-3-5-19-35-53-37-39(31-15-7-9-17-33(31)51-41(37)45)55(35)27-13-11-25-47-43(57)49-29-21-23-30(24-22-29)50-44(58)48-26-12-14-28-56-36(20-6-4-2)54-38-40(56)32-16-8-10-18-34(32)52-42(38)46/h7-10,15-18,29-30H,3-6,11-14,19-28H2,1-2H3,(H2,45,51)(H2,46,52)(H2,47,49,57)(H2,48,50,58)/t29-,30-. The molecule has 1 fully saturated rings. The van der Waals surface area contributed by atoms with Crippen LogP contribution in [-0.4, -0.2) is 66.3 Å². The highest BCUT2D eigenvalue weighted by molar-refractivity contribution is 6.07. The second kappa shape index (κ2) is 19.2. The lowest BCUT2D eigenvalue weighted by Crippen LogP contribution is -2.48. The zero-order valence-corrected chi connectivity index (χ0v) is 34.2. The average molecular weight is 789 g/mol. The maximum Gasteiger partial charge on any atom is 0.315 e. The summed E-state index contributed by atoms with van der Waals surface area (Å²) in [5.74, 6) is 3.02. The van der Waals surface area contributed by atoms with Crippen LogP contribution < -0.4 is 32.7 Å². The predicted molar refractivity (Wildman–Crippen MR) is 234 cm³/mol. The summed E-state index contributed by atoms with van der Waals surface area (Å²) in [6.07, 6.45) is 12.9. The number of amides is 4. The minimum Gasteiger partial charge on any atom is -0.382 e. The van der Waals surface area contributed by atoms with Crippen LogP contribution in [-0.2, 0) is 25.9 Å². The smallest absolute Gasteiger partial charge is 0.315 e. The van der Waals surface area contributed by atoms with Crippen molar-refractivity contribution in [2.75, 3.05) is 24.6 Å². The van der Waals surface area contributed by atoms with Gasteiger partial charge in [-0.1, -0.05) is 63.1 Å². The van der Waals surface area contributed by atoms with Crippen molar-refractivity contribution in [1.82, 2.24) is 50.3 Å². The van der Waals surface area contributed by atoms with Crippen LogP contribution in [0.1, 0.15) is 103 Å². The molecule has 0 spiro atoms. The number of urea groups is 2. The molecule has 0 aliphatic heterocycles. The Morgan fingerprint density at radius 1 is 0.603 bits per heavy atom. The van der Waals surface area contributed by atoms with Crippen LogP contribution in [0.5, 0.6) is 0 Å². The van der Waals surface area contributed by atoms with Crippen LogP contribution in [0, 0.1) is 0 Å². The molecule has 0 bridgehead atoms. The van der Waals surface area contributed by atoms with Crippen molar-refractivity contribution in [3.63, 3.8) is 0 Å². The number of nitrogens with zero attached hydrogens (tertiary/aromatic N) is 6. The summed E-state index contributed by atoms with van der Waals surface area (Å²) in [6, 6.07) is 16.1. The number of nitrogens with one attached hydrogen (secondary N) is 4. The Morgan fingerprint density at radius 3 is 1.43 bits per heavy atom. The molecule has 6 aromatic rings. The lowest BCUT2D eigenvalue weighted by atomic mass is 9.91. The molecular weight excluding hydrogens is 729 g/mol. The minimum absolute atomic E-state index is 0.0941. The third-order valence-electron chi connectivity index (χ3n) is 11.5. The van der Waals surface area contributed by atoms with Gasteiger partial charge in [-0.15, -0.1) is 0 Å². The normalized spacial score (nSPS) is 15.7. The Kier molecular flexibility index (Phi) is 13.4. The largest absolute Gasteiger partial charge is 0.382 e. The zero-order chi connectivity index (χ0) is 40.4. The molecule has 8 N–H and O–H groups in total. The number of hydrogen-bond acceptors (Lipinski definition) is 8. The third kappa shape index (κ3) is 9.37. The number of nitrogen functional groups attached to an aromatic ring is 2. The van der Waals surface area contributed by atoms with Gasteiger partial charge in [-0.05, 0) is 76.3 Å². The highest BCUT2D eigenvalue weighted by Crippen LogP contribution is 2.31. The number of nitrogens with two attached hydrogens (primary N) is 2. The van der Waals surface area contributed by atoms with Crippen molar-refractivity contribution in [1.29, 1.82) is 0 Å². The van der Waals surface area contributed by atoms with E-state index in [2.05, 4.69) is 66.3 Å². The first-order valence-electron chi connectivity index (χ1n) is 21.5. The molecule has 4 amide bonds. The molecule has 14 heteroatoms. The number of anilines is 2. The second-order valence-electron chi connectivity index (χ2n) is 15.8. The van der Waals surface area contributed by atoms with Gasteiger partial charge in [-0.3, -0.25) is 0 Å². The molecule has 0 saturated heterocycles. The Bertz CT molecular complexity index is 2180. The third-order valence-corrected chi connectivity index (χ3v) is 11.5. The van der Waals surface area contributed by atoms with E-state index in [1.807, 2.05) is 36.4 Å². The summed E-state index contributed by atoms with van der Waals surface area (Å²) in [5, 5.41) is 14.5. The highest BCUT2D eigenvalue weighted by atomic mass is 16.2. The van der Waals surface area contributed by atoms with Crippen LogP contribution >= 0.6 is 0 Å². The quantitative estimate of drug-likeness (QED) is 0.0482. The number of fused-ring (bicyclic) bond motifs is 6. The number of benzene rings is 2. The van der Waals surface area contributed by atoms with E-state index in [1.165, 1.54) is 0 Å². The summed E-state index contributed by atoms with van der Waals surface area (Å²) in [7, 11) is 0. The molecule has 4 aromatic heterocycles. The van der Waals surface area contributed by atoms with Gasteiger partial charge in [0.05, 0.1) is 22.1 Å². The molecule has 2 aromatic carbocycles. The lowest BCUT2D eigenvalue weighted by molar-refractivity contribution is 0.221. The van der Waals surface area contributed by atoms with Gasteiger partial charge < -0.3 is 41.9 Å². The molecule has 1 saturated carbocycles. The van der Waals surface area contributed by atoms with Gasteiger partial charge in [0.15, 0.2) is 11.6 Å². The number of carbonyl (C=O) groups is 2. The number of aryl methyl sites for hydroxylation is 4. The van der Waals surface area contributed by atoms with Crippen molar-refractivity contribution in [2.45, 2.75) is 129 Å². The summed E-state index contributed by atoms with van der Waals surface area (Å²) >= 11 is 0. The van der Waals surface area contributed by atoms with E-state index >= 15 is 0 Å². The molecule has 0 radical (unpaired) electrons. The number of para-hydroxylation sites is 2. The molecule has 0 atom stereocenters. The van der Waals surface area contributed by atoms with Gasteiger partial charge in [-0.2, -0.15) is 0 Å². The number of rotatable bonds is 18. The van der Waals surface area contributed by atoms with E-state index in [-0.39, 0.29) is 24.1 Å². The fraction of sp³-hybridized carbons (Fsp3) is 0.500. The van der Waals surface area contributed by atoms with E-state index in [9.17, 15) is 9.59 Å². The van der Waals surface area contributed by atoms with Crippen molar-refractivity contribution in [3.05, 3.63) is 60.2 Å². The second-order valence-corrected chi connectivity index (χ2v) is 15.8. The highest BCUT2D eigenvalue weighted by Gasteiger charge is 2.24. The molecule has 308 valence electrons. The number of pyridine rings is 2. The first-order chi connectivity index (χ1) is 28.3. The molecule has 1 aliphatic rings. The summed E-state index contributed by atoms with van der Waals surface area (Å²) in [6.45, 7) is 7.15. The monoisotopic (exact) mass is 788 g/mol. The van der Waals surface area contributed by atoms with Crippen LogP contribution in [0.15, 0.2) is 48.5 Å². The van der Waals surface area contributed by atoms with Gasteiger partial charge in [0.1, 0.15) is 22.7 Å². The summed E-state index contributed by atoms with van der Waals surface area (Å²) in [5.41, 5.74) is 18.1. The zero-order valence-electron chi connectivity index (χ0n) is 34.2. The van der Waals surface area contributed by atoms with Crippen molar-refractivity contribution in [2.24, 2.45) is 0 Å². The molecular formula is C44H60N12O2. The van der Waals surface area contributed by atoms with Gasteiger partial charge in [0.2, 0.25) is 0 Å². The van der Waals surface area contributed by atoms with Crippen LogP contribution in [0.2, 0.25) is 0 Å². The number of unbranched alkanes of at least 4 members (excludes halogenated alkanes) is 4. The summed E-state index contributed by atoms with van der Waals surface area (Å²) < 4.78 is 4.62. The van der Waals surface area contributed by atoms with Gasteiger partial charge >= 0.3 is 12.1 Å². The topological polar surface area (TPSA) is 196 Å². The fourth-order valence-corrected chi connectivity index (χ4v) is 8.39. The molecule has 7 rings (SSSR count). The molecule has 0 unspecified atom stereocenters. The van der Waals surface area contributed by atoms with Crippen LogP contribution in [0.3, 0.4) is 0 Å². The Morgan fingerprint density at radius 2 is 1.02 bits per heavy atom. The van der Waals surface area contributed by atoms with Gasteiger partial charge in [0, 0.05) is 61.9 Å². The predicted octanol–water partition coefficient (Wildman–Crippen LogP) is 7.50. The first-order valence-corrected chi connectivity index (χ1v) is 21.5. The van der Waals surface area contributed by atoms with E-state index in [0.29, 0.717) is 24.7 Å². The SMILES string of the molecule is CCCCc1nc2c(N)nc3ccccc3c2n1CCCCNC(=O)N[C@H]1CC[C@H](NC(=O)NCCCCn2c(CCCC)nc3c(N)nc4ccccc4c32)CC1.